The molecule has 0 amide bonds. The van der Waals surface area contributed by atoms with Crippen molar-refractivity contribution in [2.75, 3.05) is 5.73 Å². The number of carboxylic acids is 1. The second-order valence-corrected chi connectivity index (χ2v) is 3.42. The summed E-state index contributed by atoms with van der Waals surface area (Å²) in [5, 5.41) is 7.68. The lowest BCUT2D eigenvalue weighted by Gasteiger charge is -2.10. The van der Waals surface area contributed by atoms with Crippen LogP contribution in [0.1, 0.15) is 10.4 Å². The fourth-order valence-corrected chi connectivity index (χ4v) is 1.16. The molecule has 0 spiro atoms. The average molecular weight is 236 g/mol. The highest BCUT2D eigenvalue weighted by molar-refractivity contribution is 6.43. The van der Waals surface area contributed by atoms with Crippen molar-refractivity contribution in [3.63, 3.8) is 0 Å². The van der Waals surface area contributed by atoms with Crippen molar-refractivity contribution in [2.24, 2.45) is 0 Å². The number of ether oxygens (including phenoxy) is 1. The van der Waals surface area contributed by atoms with Gasteiger partial charge in [0.2, 0.25) is 5.02 Å². The Labute approximate surface area is 90.2 Å². The van der Waals surface area contributed by atoms with E-state index in [0.717, 1.165) is 0 Å². The van der Waals surface area contributed by atoms with Crippen LogP contribution >= 0.6 is 23.2 Å². The number of nitrogen functional groups attached to an aromatic ring is 1. The zero-order chi connectivity index (χ0) is 10.7. The Kier molecular flexibility index (Phi) is 3.43. The van der Waals surface area contributed by atoms with E-state index in [1.165, 1.54) is 12.1 Å². The Bertz CT molecular complexity index is 354. The molecule has 0 atom stereocenters. The topological polar surface area (TPSA) is 72.5 Å². The molecule has 0 radical (unpaired) electrons. The van der Waals surface area contributed by atoms with Gasteiger partial charge in [0, 0.05) is 5.69 Å². The highest BCUT2D eigenvalue weighted by atomic mass is 35.5. The van der Waals surface area contributed by atoms with Crippen LogP contribution in [-0.4, -0.2) is 16.1 Å². The first-order chi connectivity index (χ1) is 6.52. The number of alkyl halides is 2. The van der Waals surface area contributed by atoms with E-state index in [-0.39, 0.29) is 17.0 Å². The van der Waals surface area contributed by atoms with E-state index in [0.29, 0.717) is 0 Å². The van der Waals surface area contributed by atoms with Crippen LogP contribution in [0.3, 0.4) is 0 Å². The standard InChI is InChI=1S/C8H7Cl2NO3/c9-8(10)14-5-3-1-2-4(11)6(5)7(12)13/h1-3,8H,11H2,(H,12,13). The molecule has 3 N–H and O–H groups in total. The Morgan fingerprint density at radius 2 is 2.14 bits per heavy atom. The number of benzene rings is 1. The number of anilines is 1. The summed E-state index contributed by atoms with van der Waals surface area (Å²) in [6.45, 7) is 0. The van der Waals surface area contributed by atoms with Crippen LogP contribution < -0.4 is 10.5 Å². The molecule has 1 aromatic carbocycles. The summed E-state index contributed by atoms with van der Waals surface area (Å²) in [6.07, 6.45) is 0. The third-order valence-corrected chi connectivity index (χ3v) is 1.67. The van der Waals surface area contributed by atoms with Crippen LogP contribution in [0.15, 0.2) is 18.2 Å². The summed E-state index contributed by atoms with van der Waals surface area (Å²) in [7, 11) is 0. The van der Waals surface area contributed by atoms with Gasteiger partial charge in [-0.1, -0.05) is 29.3 Å². The highest BCUT2D eigenvalue weighted by Gasteiger charge is 2.16. The first kappa shape index (κ1) is 10.9. The molecule has 0 aliphatic heterocycles. The molecule has 4 nitrogen and oxygen atoms in total. The molecule has 0 aliphatic rings. The lowest BCUT2D eigenvalue weighted by molar-refractivity contribution is 0.0694. The van der Waals surface area contributed by atoms with Gasteiger partial charge >= 0.3 is 5.97 Å². The predicted molar refractivity (Wildman–Crippen MR) is 53.9 cm³/mol. The van der Waals surface area contributed by atoms with Gasteiger partial charge in [-0.25, -0.2) is 4.79 Å². The van der Waals surface area contributed by atoms with Gasteiger partial charge in [0.15, 0.2) is 0 Å². The number of carboxylic acid groups (broad SMARTS) is 1. The summed E-state index contributed by atoms with van der Waals surface area (Å²) in [6, 6.07) is 4.43. The SMILES string of the molecule is Nc1cccc(OC(Cl)Cl)c1C(=O)O. The predicted octanol–water partition coefficient (Wildman–Crippen LogP) is 2.11. The van der Waals surface area contributed by atoms with Crippen LogP contribution in [0.4, 0.5) is 5.69 Å². The minimum absolute atomic E-state index is 0.0486. The van der Waals surface area contributed by atoms with E-state index in [2.05, 4.69) is 0 Å². The third-order valence-electron chi connectivity index (χ3n) is 1.49. The minimum Gasteiger partial charge on any atom is -0.477 e. The number of hydrogen-bond acceptors (Lipinski definition) is 3. The molecule has 1 rings (SSSR count). The van der Waals surface area contributed by atoms with Crippen molar-refractivity contribution in [1.82, 2.24) is 0 Å². The highest BCUT2D eigenvalue weighted by Crippen LogP contribution is 2.26. The summed E-state index contributed by atoms with van der Waals surface area (Å²) in [5.74, 6) is -1.14. The molecule has 0 bridgehead atoms. The van der Waals surface area contributed by atoms with E-state index in [1.54, 1.807) is 6.07 Å². The van der Waals surface area contributed by atoms with Crippen LogP contribution in [0.25, 0.3) is 0 Å². The fourth-order valence-electron chi connectivity index (χ4n) is 0.971. The van der Waals surface area contributed by atoms with Crippen molar-refractivity contribution in [1.29, 1.82) is 0 Å². The van der Waals surface area contributed by atoms with Gasteiger partial charge in [-0.05, 0) is 12.1 Å². The zero-order valence-corrected chi connectivity index (χ0v) is 8.42. The van der Waals surface area contributed by atoms with Gasteiger partial charge in [-0.2, -0.15) is 0 Å². The lowest BCUT2D eigenvalue weighted by atomic mass is 10.1. The molecule has 14 heavy (non-hydrogen) atoms. The van der Waals surface area contributed by atoms with Gasteiger partial charge in [0.25, 0.3) is 0 Å². The maximum absolute atomic E-state index is 10.8. The Morgan fingerprint density at radius 1 is 1.50 bits per heavy atom. The Morgan fingerprint density at radius 3 is 2.64 bits per heavy atom. The van der Waals surface area contributed by atoms with Crippen LogP contribution in [0.2, 0.25) is 0 Å². The number of carbonyl (C=O) groups is 1. The first-order valence-corrected chi connectivity index (χ1v) is 4.46. The van der Waals surface area contributed by atoms with E-state index >= 15 is 0 Å². The number of rotatable bonds is 3. The van der Waals surface area contributed by atoms with E-state index in [9.17, 15) is 4.79 Å². The zero-order valence-electron chi connectivity index (χ0n) is 6.91. The molecule has 0 aliphatic carbocycles. The molecular formula is C8H7Cl2NO3. The summed E-state index contributed by atoms with van der Waals surface area (Å²) in [5.41, 5.74) is 5.41. The largest absolute Gasteiger partial charge is 0.477 e. The molecular weight excluding hydrogens is 229 g/mol. The molecule has 0 fully saturated rings. The third kappa shape index (κ3) is 2.43. The number of nitrogens with two attached hydrogens (primary N) is 1. The van der Waals surface area contributed by atoms with Crippen molar-refractivity contribution in [3.8, 4) is 5.75 Å². The maximum Gasteiger partial charge on any atom is 0.341 e. The van der Waals surface area contributed by atoms with E-state index in [4.69, 9.17) is 38.8 Å². The monoisotopic (exact) mass is 235 g/mol. The molecule has 0 saturated carbocycles. The minimum atomic E-state index is -1.19. The normalized spacial score (nSPS) is 10.2. The van der Waals surface area contributed by atoms with Crippen LogP contribution in [0, 0.1) is 0 Å². The summed E-state index contributed by atoms with van der Waals surface area (Å²) >= 11 is 10.7. The molecule has 6 heteroatoms. The molecule has 0 unspecified atom stereocenters. The Balaban J connectivity index is 3.14. The maximum atomic E-state index is 10.8. The van der Waals surface area contributed by atoms with Crippen molar-refractivity contribution in [3.05, 3.63) is 23.8 Å². The van der Waals surface area contributed by atoms with Gasteiger partial charge < -0.3 is 15.6 Å². The summed E-state index contributed by atoms with van der Waals surface area (Å²) in [4.78, 5) is 10.8. The van der Waals surface area contributed by atoms with E-state index in [1.807, 2.05) is 0 Å². The number of aromatic carboxylic acids is 1. The molecule has 0 heterocycles. The second kappa shape index (κ2) is 4.39. The van der Waals surface area contributed by atoms with Crippen molar-refractivity contribution >= 4 is 34.9 Å². The molecule has 1 aromatic rings. The quantitative estimate of drug-likeness (QED) is 0.622. The second-order valence-electron chi connectivity index (χ2n) is 2.40. The first-order valence-electron chi connectivity index (χ1n) is 3.59. The van der Waals surface area contributed by atoms with Crippen LogP contribution in [-0.2, 0) is 0 Å². The lowest BCUT2D eigenvalue weighted by Crippen LogP contribution is -2.08. The molecule has 76 valence electrons. The van der Waals surface area contributed by atoms with Crippen LogP contribution in [0.5, 0.6) is 5.75 Å². The van der Waals surface area contributed by atoms with Gasteiger partial charge in [-0.3, -0.25) is 0 Å². The number of halogens is 2. The molecule has 0 aromatic heterocycles. The Hall–Kier alpha value is -1.13. The number of hydrogen-bond donors (Lipinski definition) is 2. The smallest absolute Gasteiger partial charge is 0.341 e. The van der Waals surface area contributed by atoms with Gasteiger partial charge in [0.05, 0.1) is 0 Å². The average Bonchev–Trinajstić information content (AvgIpc) is 2.01. The van der Waals surface area contributed by atoms with Crippen molar-refractivity contribution in [2.45, 2.75) is 5.02 Å². The van der Waals surface area contributed by atoms with Gasteiger partial charge in [-0.15, -0.1) is 0 Å². The van der Waals surface area contributed by atoms with Crippen molar-refractivity contribution < 1.29 is 14.6 Å². The summed E-state index contributed by atoms with van der Waals surface area (Å²) < 4.78 is 4.86. The van der Waals surface area contributed by atoms with E-state index < -0.39 is 11.0 Å². The molecule has 0 saturated heterocycles. The van der Waals surface area contributed by atoms with Gasteiger partial charge in [0.1, 0.15) is 11.3 Å². The fraction of sp³-hybridized carbons (Fsp3) is 0.125.